The molecule has 0 aliphatic heterocycles. The van der Waals surface area contributed by atoms with Gasteiger partial charge in [-0.2, -0.15) is 0 Å². The zero-order chi connectivity index (χ0) is 19.9. The standard InChI is InChI=1S/C23H26N4O/c1-17(2)27(16-19-10-6-4-7-11-19)23(28)21-14-25-22(15-24-21)26-18(3)20-12-8-5-9-13-20/h4-15,17-18H,16H2,1-3H3,(H,25,26). The van der Waals surface area contributed by atoms with E-state index in [2.05, 4.69) is 34.3 Å². The van der Waals surface area contributed by atoms with Gasteiger partial charge < -0.3 is 10.2 Å². The molecule has 5 nitrogen and oxygen atoms in total. The summed E-state index contributed by atoms with van der Waals surface area (Å²) in [5.74, 6) is 0.529. The fourth-order valence-corrected chi connectivity index (χ4v) is 2.98. The van der Waals surface area contributed by atoms with E-state index < -0.39 is 0 Å². The summed E-state index contributed by atoms with van der Waals surface area (Å²) in [4.78, 5) is 23.5. The van der Waals surface area contributed by atoms with Gasteiger partial charge in [-0.1, -0.05) is 60.7 Å². The van der Waals surface area contributed by atoms with Crippen LogP contribution in [-0.2, 0) is 6.54 Å². The normalized spacial score (nSPS) is 11.9. The van der Waals surface area contributed by atoms with E-state index in [1.165, 1.54) is 5.56 Å². The number of aromatic nitrogens is 2. The van der Waals surface area contributed by atoms with Crippen molar-refractivity contribution in [1.82, 2.24) is 14.9 Å². The predicted octanol–water partition coefficient (Wildman–Crippen LogP) is 4.70. The minimum Gasteiger partial charge on any atom is -0.362 e. The van der Waals surface area contributed by atoms with Gasteiger partial charge in [-0.3, -0.25) is 4.79 Å². The maximum Gasteiger partial charge on any atom is 0.274 e. The first-order chi connectivity index (χ1) is 13.5. The second kappa shape index (κ2) is 9.13. The number of nitrogens with one attached hydrogen (secondary N) is 1. The molecule has 0 aliphatic rings. The molecule has 144 valence electrons. The molecular formula is C23H26N4O. The van der Waals surface area contributed by atoms with E-state index in [1.807, 2.05) is 62.4 Å². The third-order valence-corrected chi connectivity index (χ3v) is 4.61. The minimum atomic E-state index is -0.117. The fourth-order valence-electron chi connectivity index (χ4n) is 2.98. The van der Waals surface area contributed by atoms with Gasteiger partial charge in [-0.05, 0) is 31.9 Å². The number of rotatable bonds is 7. The maximum atomic E-state index is 12.9. The zero-order valence-corrected chi connectivity index (χ0v) is 16.5. The molecule has 0 bridgehead atoms. The molecule has 3 rings (SSSR count). The van der Waals surface area contributed by atoms with Crippen molar-refractivity contribution in [2.45, 2.75) is 39.4 Å². The van der Waals surface area contributed by atoms with Crippen molar-refractivity contribution in [3.05, 3.63) is 89.9 Å². The van der Waals surface area contributed by atoms with Crippen LogP contribution in [0, 0.1) is 0 Å². The molecule has 0 spiro atoms. The summed E-state index contributed by atoms with van der Waals surface area (Å²) in [6.45, 7) is 6.62. The van der Waals surface area contributed by atoms with Crippen molar-refractivity contribution in [3.63, 3.8) is 0 Å². The Balaban J connectivity index is 1.69. The molecule has 3 aromatic rings. The monoisotopic (exact) mass is 374 g/mol. The second-order valence-corrected chi connectivity index (χ2v) is 7.08. The summed E-state index contributed by atoms with van der Waals surface area (Å²) in [5.41, 5.74) is 2.60. The van der Waals surface area contributed by atoms with Gasteiger partial charge in [0.05, 0.1) is 12.4 Å². The zero-order valence-electron chi connectivity index (χ0n) is 16.5. The molecule has 1 N–H and O–H groups in total. The van der Waals surface area contributed by atoms with Crippen LogP contribution in [0.4, 0.5) is 5.82 Å². The van der Waals surface area contributed by atoms with E-state index in [0.717, 1.165) is 5.56 Å². The van der Waals surface area contributed by atoms with Gasteiger partial charge in [0.1, 0.15) is 11.5 Å². The summed E-state index contributed by atoms with van der Waals surface area (Å²) < 4.78 is 0. The molecule has 2 aromatic carbocycles. The number of hydrogen-bond donors (Lipinski definition) is 1. The van der Waals surface area contributed by atoms with Gasteiger partial charge in [-0.15, -0.1) is 0 Å². The van der Waals surface area contributed by atoms with Crippen LogP contribution in [-0.4, -0.2) is 26.8 Å². The van der Waals surface area contributed by atoms with Gasteiger partial charge in [0.2, 0.25) is 0 Å². The number of carbonyl (C=O) groups excluding carboxylic acids is 1. The number of nitrogens with zero attached hydrogens (tertiary/aromatic N) is 3. The van der Waals surface area contributed by atoms with Crippen LogP contribution in [0.3, 0.4) is 0 Å². The minimum absolute atomic E-state index is 0.0606. The average Bonchev–Trinajstić information content (AvgIpc) is 2.73. The molecule has 0 aliphatic carbocycles. The van der Waals surface area contributed by atoms with Gasteiger partial charge in [-0.25, -0.2) is 9.97 Å². The van der Waals surface area contributed by atoms with Crippen LogP contribution in [0.5, 0.6) is 0 Å². The first kappa shape index (κ1) is 19.5. The molecule has 28 heavy (non-hydrogen) atoms. The lowest BCUT2D eigenvalue weighted by Gasteiger charge is -2.26. The molecule has 0 saturated carbocycles. The highest BCUT2D eigenvalue weighted by Crippen LogP contribution is 2.17. The Labute approximate surface area is 166 Å². The molecule has 1 atom stereocenters. The van der Waals surface area contributed by atoms with Gasteiger partial charge in [0.25, 0.3) is 5.91 Å². The van der Waals surface area contributed by atoms with Crippen molar-refractivity contribution in [1.29, 1.82) is 0 Å². The lowest BCUT2D eigenvalue weighted by Crippen LogP contribution is -2.37. The van der Waals surface area contributed by atoms with Crippen molar-refractivity contribution in [3.8, 4) is 0 Å². The lowest BCUT2D eigenvalue weighted by molar-refractivity contribution is 0.0684. The molecule has 0 fully saturated rings. The van der Waals surface area contributed by atoms with Gasteiger partial charge in [0.15, 0.2) is 0 Å². The van der Waals surface area contributed by atoms with Crippen molar-refractivity contribution < 1.29 is 4.79 Å². The number of anilines is 1. The van der Waals surface area contributed by atoms with Crippen molar-refractivity contribution >= 4 is 11.7 Å². The number of carbonyl (C=O) groups is 1. The third-order valence-electron chi connectivity index (χ3n) is 4.61. The summed E-state index contributed by atoms with van der Waals surface area (Å²) in [5, 5.41) is 3.32. The SMILES string of the molecule is CC(Nc1cnc(C(=O)N(Cc2ccccc2)C(C)C)cn1)c1ccccc1. The Bertz CT molecular complexity index is 879. The van der Waals surface area contributed by atoms with Gasteiger partial charge in [0, 0.05) is 18.6 Å². The van der Waals surface area contributed by atoms with Crippen LogP contribution in [0.25, 0.3) is 0 Å². The van der Waals surface area contributed by atoms with Crippen LogP contribution in [0.2, 0.25) is 0 Å². The summed E-state index contributed by atoms with van der Waals surface area (Å²) in [6, 6.07) is 20.3. The first-order valence-corrected chi connectivity index (χ1v) is 9.53. The Morgan fingerprint density at radius 3 is 2.14 bits per heavy atom. The quantitative estimate of drug-likeness (QED) is 0.651. The molecule has 1 amide bonds. The van der Waals surface area contributed by atoms with E-state index in [-0.39, 0.29) is 18.0 Å². The molecular weight excluding hydrogens is 348 g/mol. The Kier molecular flexibility index (Phi) is 6.37. The molecule has 1 unspecified atom stereocenters. The molecule has 0 radical (unpaired) electrons. The average molecular weight is 374 g/mol. The van der Waals surface area contributed by atoms with E-state index in [9.17, 15) is 4.79 Å². The Morgan fingerprint density at radius 1 is 0.929 bits per heavy atom. The van der Waals surface area contributed by atoms with E-state index in [4.69, 9.17) is 0 Å². The van der Waals surface area contributed by atoms with E-state index >= 15 is 0 Å². The van der Waals surface area contributed by atoms with Crippen LogP contribution in [0.15, 0.2) is 73.1 Å². The van der Waals surface area contributed by atoms with Gasteiger partial charge >= 0.3 is 0 Å². The Hall–Kier alpha value is -3.21. The molecule has 0 saturated heterocycles. The summed E-state index contributed by atoms with van der Waals surface area (Å²) >= 11 is 0. The molecule has 1 heterocycles. The lowest BCUT2D eigenvalue weighted by atomic mass is 10.1. The first-order valence-electron chi connectivity index (χ1n) is 9.53. The van der Waals surface area contributed by atoms with Crippen LogP contribution < -0.4 is 5.32 Å². The largest absolute Gasteiger partial charge is 0.362 e. The topological polar surface area (TPSA) is 58.1 Å². The predicted molar refractivity (Wildman–Crippen MR) is 112 cm³/mol. The number of hydrogen-bond acceptors (Lipinski definition) is 4. The van der Waals surface area contributed by atoms with E-state index in [1.54, 1.807) is 17.3 Å². The van der Waals surface area contributed by atoms with E-state index in [0.29, 0.717) is 18.1 Å². The highest BCUT2D eigenvalue weighted by molar-refractivity contribution is 5.92. The number of benzene rings is 2. The molecule has 1 aromatic heterocycles. The fraction of sp³-hybridized carbons (Fsp3) is 0.261. The number of amides is 1. The second-order valence-electron chi connectivity index (χ2n) is 7.08. The van der Waals surface area contributed by atoms with Crippen molar-refractivity contribution in [2.24, 2.45) is 0 Å². The highest BCUT2D eigenvalue weighted by atomic mass is 16.2. The third kappa shape index (κ3) is 4.94. The smallest absolute Gasteiger partial charge is 0.274 e. The Morgan fingerprint density at radius 2 is 1.57 bits per heavy atom. The molecule has 5 heteroatoms. The summed E-state index contributed by atoms with van der Waals surface area (Å²) in [7, 11) is 0. The maximum absolute atomic E-state index is 12.9. The van der Waals surface area contributed by atoms with Crippen molar-refractivity contribution in [2.75, 3.05) is 5.32 Å². The van der Waals surface area contributed by atoms with Crippen LogP contribution >= 0.6 is 0 Å². The van der Waals surface area contributed by atoms with Crippen LogP contribution in [0.1, 0.15) is 48.4 Å². The summed E-state index contributed by atoms with van der Waals surface area (Å²) in [6.07, 6.45) is 3.16. The highest BCUT2D eigenvalue weighted by Gasteiger charge is 2.20.